The van der Waals surface area contributed by atoms with Crippen molar-refractivity contribution in [2.45, 2.75) is 19.0 Å². The molecule has 0 bridgehead atoms. The van der Waals surface area contributed by atoms with Crippen LogP contribution in [0, 0.1) is 11.3 Å². The number of nitriles is 1. The molecular weight excluding hydrogens is 250 g/mol. The molecule has 1 atom stereocenters. The summed E-state index contributed by atoms with van der Waals surface area (Å²) >= 11 is 0. The molecule has 1 aromatic carbocycles. The minimum Gasteiger partial charge on any atom is -0.495 e. The highest BCUT2D eigenvalue weighted by atomic mass is 35.5. The lowest BCUT2D eigenvalue weighted by Gasteiger charge is -2.15. The van der Waals surface area contributed by atoms with Crippen LogP contribution in [-0.2, 0) is 6.54 Å². The van der Waals surface area contributed by atoms with Gasteiger partial charge in [0.2, 0.25) is 0 Å². The predicted octanol–water partition coefficient (Wildman–Crippen LogP) is 1.52. The number of hydrogen-bond donors (Lipinski definition) is 1. The number of likely N-dealkylation sites (tertiary alicyclic amines) is 1. The van der Waals surface area contributed by atoms with Crippen molar-refractivity contribution in [2.24, 2.45) is 5.73 Å². The van der Waals surface area contributed by atoms with E-state index in [-0.39, 0.29) is 12.4 Å². The number of nitrogens with zero attached hydrogens (tertiary/aromatic N) is 2. The van der Waals surface area contributed by atoms with Gasteiger partial charge in [0.1, 0.15) is 11.8 Å². The molecule has 1 aliphatic heterocycles. The van der Waals surface area contributed by atoms with Gasteiger partial charge in [-0.2, -0.15) is 5.26 Å². The van der Waals surface area contributed by atoms with Crippen molar-refractivity contribution in [1.82, 2.24) is 4.90 Å². The van der Waals surface area contributed by atoms with Crippen LogP contribution < -0.4 is 10.5 Å². The van der Waals surface area contributed by atoms with Gasteiger partial charge in [0.15, 0.2) is 0 Å². The molecule has 0 aromatic heterocycles. The molecule has 98 valence electrons. The molecule has 0 radical (unpaired) electrons. The largest absolute Gasteiger partial charge is 0.495 e. The summed E-state index contributed by atoms with van der Waals surface area (Å²) in [5, 5.41) is 8.90. The van der Waals surface area contributed by atoms with Gasteiger partial charge in [0.25, 0.3) is 0 Å². The first-order valence-corrected chi connectivity index (χ1v) is 5.78. The van der Waals surface area contributed by atoms with Crippen LogP contribution in [0.4, 0.5) is 0 Å². The van der Waals surface area contributed by atoms with Gasteiger partial charge in [0.05, 0.1) is 12.7 Å². The normalized spacial score (nSPS) is 19.1. The van der Waals surface area contributed by atoms with E-state index >= 15 is 0 Å². The summed E-state index contributed by atoms with van der Waals surface area (Å²) in [4.78, 5) is 2.32. The Morgan fingerprint density at radius 1 is 1.56 bits per heavy atom. The summed E-state index contributed by atoms with van der Waals surface area (Å²) in [5.74, 6) is 0.647. The van der Waals surface area contributed by atoms with Crippen LogP contribution in [-0.4, -0.2) is 31.1 Å². The third-order valence-electron chi connectivity index (χ3n) is 3.10. The maximum absolute atomic E-state index is 8.90. The number of hydrogen-bond acceptors (Lipinski definition) is 4. The van der Waals surface area contributed by atoms with Gasteiger partial charge in [-0.3, -0.25) is 4.90 Å². The topological polar surface area (TPSA) is 62.3 Å². The summed E-state index contributed by atoms with van der Waals surface area (Å²) in [6, 6.07) is 8.14. The Bertz CT molecular complexity index is 444. The zero-order valence-corrected chi connectivity index (χ0v) is 11.2. The van der Waals surface area contributed by atoms with Crippen LogP contribution in [0.1, 0.15) is 17.5 Å². The quantitative estimate of drug-likeness (QED) is 0.902. The minimum absolute atomic E-state index is 0. The molecule has 0 aliphatic carbocycles. The Labute approximate surface area is 114 Å². The van der Waals surface area contributed by atoms with E-state index in [1.165, 1.54) is 0 Å². The monoisotopic (exact) mass is 267 g/mol. The van der Waals surface area contributed by atoms with Crippen molar-refractivity contribution in [3.8, 4) is 11.8 Å². The summed E-state index contributed by atoms with van der Waals surface area (Å²) in [6.07, 6.45) is 1.06. The van der Waals surface area contributed by atoms with Gasteiger partial charge in [0, 0.05) is 25.7 Å². The second-order valence-corrected chi connectivity index (χ2v) is 4.43. The summed E-state index contributed by atoms with van der Waals surface area (Å²) in [6.45, 7) is 2.86. The minimum atomic E-state index is 0. The molecule has 2 N–H and O–H groups in total. The fourth-order valence-electron chi connectivity index (χ4n) is 2.19. The fourth-order valence-corrected chi connectivity index (χ4v) is 2.19. The summed E-state index contributed by atoms with van der Waals surface area (Å²) in [5.41, 5.74) is 7.61. The Morgan fingerprint density at radius 2 is 2.33 bits per heavy atom. The molecule has 18 heavy (non-hydrogen) atoms. The molecule has 2 rings (SSSR count). The van der Waals surface area contributed by atoms with E-state index in [2.05, 4.69) is 11.0 Å². The number of ether oxygens (including phenoxy) is 1. The predicted molar refractivity (Wildman–Crippen MR) is 72.8 cm³/mol. The second-order valence-electron chi connectivity index (χ2n) is 4.43. The first-order chi connectivity index (χ1) is 8.22. The van der Waals surface area contributed by atoms with Crippen molar-refractivity contribution >= 4 is 12.4 Å². The molecule has 5 heteroatoms. The molecule has 4 nitrogen and oxygen atoms in total. The number of methoxy groups -OCH3 is 1. The lowest BCUT2D eigenvalue weighted by Crippen LogP contribution is -2.26. The van der Waals surface area contributed by atoms with E-state index in [4.69, 9.17) is 15.7 Å². The smallest absolute Gasteiger partial charge is 0.136 e. The van der Waals surface area contributed by atoms with Gasteiger partial charge in [-0.05, 0) is 24.1 Å². The first kappa shape index (κ1) is 14.8. The second kappa shape index (κ2) is 6.60. The van der Waals surface area contributed by atoms with E-state index in [0.29, 0.717) is 17.4 Å². The third kappa shape index (κ3) is 3.36. The van der Waals surface area contributed by atoms with Crippen LogP contribution in [0.2, 0.25) is 0 Å². The molecule has 0 unspecified atom stereocenters. The van der Waals surface area contributed by atoms with Gasteiger partial charge >= 0.3 is 0 Å². The Kier molecular flexibility index (Phi) is 5.42. The molecule has 1 fully saturated rings. The van der Waals surface area contributed by atoms with Crippen LogP contribution in [0.3, 0.4) is 0 Å². The van der Waals surface area contributed by atoms with Crippen molar-refractivity contribution in [1.29, 1.82) is 5.26 Å². The number of benzene rings is 1. The van der Waals surface area contributed by atoms with Crippen LogP contribution in [0.15, 0.2) is 18.2 Å². The van der Waals surface area contributed by atoms with Crippen molar-refractivity contribution in [2.75, 3.05) is 20.2 Å². The van der Waals surface area contributed by atoms with Crippen LogP contribution in [0.5, 0.6) is 5.75 Å². The molecule has 0 spiro atoms. The molecule has 0 amide bonds. The van der Waals surface area contributed by atoms with E-state index in [9.17, 15) is 0 Å². The zero-order chi connectivity index (χ0) is 12.3. The van der Waals surface area contributed by atoms with E-state index in [0.717, 1.165) is 31.6 Å². The Balaban J connectivity index is 0.00000162. The van der Waals surface area contributed by atoms with Gasteiger partial charge in [-0.1, -0.05) is 6.07 Å². The fraction of sp³-hybridized carbons (Fsp3) is 0.462. The molecule has 1 aromatic rings. The third-order valence-corrected chi connectivity index (χ3v) is 3.10. The van der Waals surface area contributed by atoms with Crippen molar-refractivity contribution < 1.29 is 4.74 Å². The lowest BCUT2D eigenvalue weighted by atomic mass is 10.1. The van der Waals surface area contributed by atoms with E-state index < -0.39 is 0 Å². The number of nitrogens with two attached hydrogens (primary N) is 1. The number of rotatable bonds is 3. The number of halogens is 1. The van der Waals surface area contributed by atoms with Crippen LogP contribution >= 0.6 is 12.4 Å². The molecular formula is C13H18ClN3O. The van der Waals surface area contributed by atoms with Gasteiger partial charge in [-0.15, -0.1) is 12.4 Å². The highest BCUT2D eigenvalue weighted by Gasteiger charge is 2.19. The Hall–Kier alpha value is -1.28. The molecule has 1 saturated heterocycles. The summed E-state index contributed by atoms with van der Waals surface area (Å²) < 4.78 is 5.20. The highest BCUT2D eigenvalue weighted by Crippen LogP contribution is 2.21. The SMILES string of the molecule is COc1cc(CN2CC[C@H](N)C2)ccc1C#N.Cl. The standard InChI is InChI=1S/C13H17N3O.ClH/c1-17-13-6-10(2-3-11(13)7-14)8-16-5-4-12(15)9-16;/h2-3,6,12H,4-5,8-9,15H2,1H3;1H/t12-;/m0./s1. The highest BCUT2D eigenvalue weighted by molar-refractivity contribution is 5.85. The average Bonchev–Trinajstić information content (AvgIpc) is 2.74. The zero-order valence-electron chi connectivity index (χ0n) is 10.4. The van der Waals surface area contributed by atoms with E-state index in [1.807, 2.05) is 18.2 Å². The lowest BCUT2D eigenvalue weighted by molar-refractivity contribution is 0.326. The maximum atomic E-state index is 8.90. The first-order valence-electron chi connectivity index (χ1n) is 5.78. The molecule has 1 aliphatic rings. The molecule has 1 heterocycles. The summed E-state index contributed by atoms with van der Waals surface area (Å²) in [7, 11) is 1.59. The average molecular weight is 268 g/mol. The Morgan fingerprint density at radius 3 is 2.89 bits per heavy atom. The van der Waals surface area contributed by atoms with Crippen LogP contribution in [0.25, 0.3) is 0 Å². The maximum Gasteiger partial charge on any atom is 0.136 e. The van der Waals surface area contributed by atoms with Gasteiger partial charge in [-0.25, -0.2) is 0 Å². The van der Waals surface area contributed by atoms with E-state index in [1.54, 1.807) is 7.11 Å². The van der Waals surface area contributed by atoms with Gasteiger partial charge < -0.3 is 10.5 Å². The van der Waals surface area contributed by atoms with Crippen molar-refractivity contribution in [3.63, 3.8) is 0 Å². The van der Waals surface area contributed by atoms with Crippen molar-refractivity contribution in [3.05, 3.63) is 29.3 Å². The molecule has 0 saturated carbocycles.